The van der Waals surface area contributed by atoms with Crippen molar-refractivity contribution in [2.75, 3.05) is 26.9 Å². The first-order valence-electron chi connectivity index (χ1n) is 5.47. The Morgan fingerprint density at radius 3 is 3.12 bits per heavy atom. The molecule has 0 saturated carbocycles. The second kappa shape index (κ2) is 5.23. The molecule has 1 N–H and O–H groups in total. The van der Waals surface area contributed by atoms with Crippen LogP contribution < -0.4 is 10.1 Å². The highest BCUT2D eigenvalue weighted by Gasteiger charge is 2.16. The third-order valence-corrected chi connectivity index (χ3v) is 2.77. The first-order valence-corrected chi connectivity index (χ1v) is 5.47. The number of ether oxygens (including phenoxy) is 2. The van der Waals surface area contributed by atoms with E-state index < -0.39 is 0 Å². The van der Waals surface area contributed by atoms with E-state index >= 15 is 0 Å². The summed E-state index contributed by atoms with van der Waals surface area (Å²) in [7, 11) is 1.63. The zero-order valence-electron chi connectivity index (χ0n) is 9.69. The van der Waals surface area contributed by atoms with Crippen LogP contribution in [0.1, 0.15) is 11.3 Å². The number of aromatic nitrogens is 2. The Kier molecular flexibility index (Phi) is 3.69. The fourth-order valence-corrected chi connectivity index (χ4v) is 1.86. The van der Waals surface area contributed by atoms with Crippen molar-refractivity contribution in [3.63, 3.8) is 0 Å². The molecule has 1 atom stereocenters. The zero-order valence-corrected chi connectivity index (χ0v) is 9.69. The molecular formula is C11H17N3O2. The molecule has 5 nitrogen and oxygen atoms in total. The number of nitrogens with one attached hydrogen (secondary N) is 1. The van der Waals surface area contributed by atoms with Gasteiger partial charge in [0.25, 0.3) is 0 Å². The summed E-state index contributed by atoms with van der Waals surface area (Å²) in [5.74, 6) is 0.654. The van der Waals surface area contributed by atoms with Crippen LogP contribution in [-0.4, -0.2) is 42.9 Å². The molecule has 0 aliphatic carbocycles. The number of hydrogen-bond acceptors (Lipinski definition) is 5. The van der Waals surface area contributed by atoms with Crippen molar-refractivity contribution in [3.8, 4) is 5.88 Å². The second-order valence-electron chi connectivity index (χ2n) is 3.88. The molecule has 0 amide bonds. The molecule has 1 aliphatic heterocycles. The Balaban J connectivity index is 2.08. The van der Waals surface area contributed by atoms with Crippen molar-refractivity contribution in [2.45, 2.75) is 19.4 Å². The maximum Gasteiger partial charge on any atom is 0.219 e. The van der Waals surface area contributed by atoms with E-state index in [9.17, 15) is 0 Å². The van der Waals surface area contributed by atoms with Gasteiger partial charge in [-0.25, -0.2) is 9.97 Å². The normalized spacial score (nSPS) is 20.8. The highest BCUT2D eigenvalue weighted by molar-refractivity contribution is 5.28. The SMILES string of the molecule is COc1ncnc(CC2COCCN2)c1C. The van der Waals surface area contributed by atoms with Gasteiger partial charge in [0.1, 0.15) is 6.33 Å². The Hall–Kier alpha value is -1.20. The molecule has 0 spiro atoms. The van der Waals surface area contributed by atoms with Crippen LogP contribution in [0.2, 0.25) is 0 Å². The highest BCUT2D eigenvalue weighted by atomic mass is 16.5. The lowest BCUT2D eigenvalue weighted by atomic mass is 10.1. The van der Waals surface area contributed by atoms with Gasteiger partial charge in [0.15, 0.2) is 0 Å². The van der Waals surface area contributed by atoms with Crippen molar-refractivity contribution in [1.82, 2.24) is 15.3 Å². The van der Waals surface area contributed by atoms with Crippen LogP contribution in [0.4, 0.5) is 0 Å². The molecule has 5 heteroatoms. The fraction of sp³-hybridized carbons (Fsp3) is 0.636. The first-order chi connectivity index (χ1) is 7.81. The van der Waals surface area contributed by atoms with Gasteiger partial charge in [0.2, 0.25) is 5.88 Å². The minimum atomic E-state index is 0.340. The molecular weight excluding hydrogens is 206 g/mol. The highest BCUT2D eigenvalue weighted by Crippen LogP contribution is 2.17. The van der Waals surface area contributed by atoms with Crippen LogP contribution >= 0.6 is 0 Å². The fourth-order valence-electron chi connectivity index (χ4n) is 1.86. The lowest BCUT2D eigenvalue weighted by molar-refractivity contribution is 0.0766. The van der Waals surface area contributed by atoms with E-state index in [0.717, 1.165) is 37.4 Å². The van der Waals surface area contributed by atoms with Gasteiger partial charge in [-0.2, -0.15) is 0 Å². The van der Waals surface area contributed by atoms with Crippen molar-refractivity contribution in [1.29, 1.82) is 0 Å². The van der Waals surface area contributed by atoms with Gasteiger partial charge in [0.05, 0.1) is 26.0 Å². The lowest BCUT2D eigenvalue weighted by Gasteiger charge is -2.24. The Morgan fingerprint density at radius 1 is 1.56 bits per heavy atom. The lowest BCUT2D eigenvalue weighted by Crippen LogP contribution is -2.42. The third kappa shape index (κ3) is 2.48. The summed E-state index contributed by atoms with van der Waals surface area (Å²) in [5, 5.41) is 3.41. The van der Waals surface area contributed by atoms with Crippen LogP contribution in [0.25, 0.3) is 0 Å². The average molecular weight is 223 g/mol. The minimum absolute atomic E-state index is 0.340. The number of rotatable bonds is 3. The molecule has 1 saturated heterocycles. The van der Waals surface area contributed by atoms with E-state index in [1.165, 1.54) is 0 Å². The largest absolute Gasteiger partial charge is 0.481 e. The molecule has 2 rings (SSSR count). The molecule has 2 heterocycles. The summed E-state index contributed by atoms with van der Waals surface area (Å²) in [4.78, 5) is 8.36. The molecule has 1 fully saturated rings. The van der Waals surface area contributed by atoms with Gasteiger partial charge < -0.3 is 14.8 Å². The molecule has 1 aromatic heterocycles. The van der Waals surface area contributed by atoms with Crippen molar-refractivity contribution in [3.05, 3.63) is 17.6 Å². The standard InChI is InChI=1S/C11H17N3O2/c1-8-10(13-7-14-11(8)15-2)5-9-6-16-4-3-12-9/h7,9,12H,3-6H2,1-2H3. The quantitative estimate of drug-likeness (QED) is 0.800. The molecule has 0 bridgehead atoms. The molecule has 16 heavy (non-hydrogen) atoms. The predicted molar refractivity (Wildman–Crippen MR) is 59.6 cm³/mol. The van der Waals surface area contributed by atoms with Gasteiger partial charge in [-0.3, -0.25) is 0 Å². The summed E-state index contributed by atoms with van der Waals surface area (Å²) in [6, 6.07) is 0.340. The van der Waals surface area contributed by atoms with Crippen molar-refractivity contribution in [2.24, 2.45) is 0 Å². The Morgan fingerprint density at radius 2 is 2.44 bits per heavy atom. The molecule has 1 unspecified atom stereocenters. The topological polar surface area (TPSA) is 56.3 Å². The minimum Gasteiger partial charge on any atom is -0.481 e. The monoisotopic (exact) mass is 223 g/mol. The summed E-state index contributed by atoms with van der Waals surface area (Å²) in [6.45, 7) is 4.43. The maximum atomic E-state index is 5.41. The first kappa shape index (κ1) is 11.3. The predicted octanol–water partition coefficient (Wildman–Crippen LogP) is 0.325. The Bertz CT molecular complexity index is 351. The second-order valence-corrected chi connectivity index (χ2v) is 3.88. The van der Waals surface area contributed by atoms with Crippen LogP contribution in [0, 0.1) is 6.92 Å². The molecule has 1 aliphatic rings. The summed E-state index contributed by atoms with van der Waals surface area (Å²) < 4.78 is 10.6. The van der Waals surface area contributed by atoms with Gasteiger partial charge in [0, 0.05) is 24.6 Å². The average Bonchev–Trinajstić information content (AvgIpc) is 2.33. The van der Waals surface area contributed by atoms with E-state index in [0.29, 0.717) is 11.9 Å². The van der Waals surface area contributed by atoms with Gasteiger partial charge in [-0.1, -0.05) is 0 Å². The van der Waals surface area contributed by atoms with E-state index in [1.807, 2.05) is 6.92 Å². The molecule has 1 aromatic rings. The number of nitrogens with zero attached hydrogens (tertiary/aromatic N) is 2. The van der Waals surface area contributed by atoms with Crippen LogP contribution in [0.5, 0.6) is 5.88 Å². The number of hydrogen-bond donors (Lipinski definition) is 1. The summed E-state index contributed by atoms with van der Waals surface area (Å²) in [5.41, 5.74) is 2.03. The Labute approximate surface area is 95.2 Å². The van der Waals surface area contributed by atoms with E-state index in [4.69, 9.17) is 9.47 Å². The number of methoxy groups -OCH3 is 1. The number of morpholine rings is 1. The van der Waals surface area contributed by atoms with Gasteiger partial charge >= 0.3 is 0 Å². The van der Waals surface area contributed by atoms with E-state index in [-0.39, 0.29) is 0 Å². The van der Waals surface area contributed by atoms with E-state index in [1.54, 1.807) is 13.4 Å². The summed E-state index contributed by atoms with van der Waals surface area (Å²) in [6.07, 6.45) is 2.40. The van der Waals surface area contributed by atoms with Gasteiger partial charge in [-0.15, -0.1) is 0 Å². The summed E-state index contributed by atoms with van der Waals surface area (Å²) >= 11 is 0. The van der Waals surface area contributed by atoms with Crippen molar-refractivity contribution >= 4 is 0 Å². The van der Waals surface area contributed by atoms with Crippen molar-refractivity contribution < 1.29 is 9.47 Å². The van der Waals surface area contributed by atoms with Crippen LogP contribution in [-0.2, 0) is 11.2 Å². The molecule has 0 radical (unpaired) electrons. The van der Waals surface area contributed by atoms with Crippen LogP contribution in [0.3, 0.4) is 0 Å². The smallest absolute Gasteiger partial charge is 0.219 e. The zero-order chi connectivity index (χ0) is 11.4. The van der Waals surface area contributed by atoms with Gasteiger partial charge in [-0.05, 0) is 6.92 Å². The third-order valence-electron chi connectivity index (χ3n) is 2.77. The van der Waals surface area contributed by atoms with Crippen LogP contribution in [0.15, 0.2) is 6.33 Å². The molecule has 88 valence electrons. The van der Waals surface area contributed by atoms with E-state index in [2.05, 4.69) is 15.3 Å². The maximum absolute atomic E-state index is 5.41. The molecule has 0 aromatic carbocycles.